The average Bonchev–Trinajstić information content (AvgIpc) is 2.77. The Labute approximate surface area is 109 Å². The van der Waals surface area contributed by atoms with Gasteiger partial charge in [0.15, 0.2) is 0 Å². The summed E-state index contributed by atoms with van der Waals surface area (Å²) in [4.78, 5) is 24.0. The van der Waals surface area contributed by atoms with Gasteiger partial charge in [0.05, 0.1) is 5.41 Å². The molecular weight excluding hydrogens is 230 g/mol. The zero-order valence-electron chi connectivity index (χ0n) is 11.6. The van der Waals surface area contributed by atoms with Gasteiger partial charge in [-0.15, -0.1) is 0 Å². The normalized spacial score (nSPS) is 19.6. The molecule has 18 heavy (non-hydrogen) atoms. The molecule has 1 unspecified atom stereocenters. The maximum Gasteiger partial charge on any atom is 0.242 e. The van der Waals surface area contributed by atoms with Crippen molar-refractivity contribution >= 4 is 11.8 Å². The first kappa shape index (κ1) is 15.0. The molecule has 0 bridgehead atoms. The maximum absolute atomic E-state index is 12.2. The van der Waals surface area contributed by atoms with Crippen LogP contribution in [0.1, 0.15) is 46.5 Å². The van der Waals surface area contributed by atoms with Gasteiger partial charge in [0, 0.05) is 12.6 Å². The third-order valence-corrected chi connectivity index (χ3v) is 3.60. The van der Waals surface area contributed by atoms with Crippen molar-refractivity contribution in [3.8, 4) is 0 Å². The van der Waals surface area contributed by atoms with Gasteiger partial charge in [-0.25, -0.2) is 0 Å². The second kappa shape index (κ2) is 6.18. The standard InChI is InChI=1S/C13H25N3O2/c1-9(2)15-11(17)10(3)16-12(18)13(8-14)6-4-5-7-13/h9-10H,4-8,14H2,1-3H3,(H,15,17)(H,16,18). The van der Waals surface area contributed by atoms with Crippen LogP contribution in [-0.4, -0.2) is 30.4 Å². The summed E-state index contributed by atoms with van der Waals surface area (Å²) in [6.45, 7) is 5.85. The number of hydrogen-bond donors (Lipinski definition) is 3. The monoisotopic (exact) mass is 255 g/mol. The Morgan fingerprint density at radius 1 is 1.17 bits per heavy atom. The number of carbonyl (C=O) groups is 2. The highest BCUT2D eigenvalue weighted by Crippen LogP contribution is 2.37. The van der Waals surface area contributed by atoms with E-state index in [1.54, 1.807) is 6.92 Å². The third-order valence-electron chi connectivity index (χ3n) is 3.60. The minimum Gasteiger partial charge on any atom is -0.352 e. The molecule has 2 amide bonds. The number of rotatable bonds is 5. The number of nitrogens with two attached hydrogens (primary N) is 1. The van der Waals surface area contributed by atoms with Crippen LogP contribution in [0.4, 0.5) is 0 Å². The molecule has 5 heteroatoms. The fourth-order valence-corrected chi connectivity index (χ4v) is 2.40. The van der Waals surface area contributed by atoms with Crippen LogP contribution in [0.2, 0.25) is 0 Å². The molecule has 1 fully saturated rings. The summed E-state index contributed by atoms with van der Waals surface area (Å²) >= 11 is 0. The van der Waals surface area contributed by atoms with Crippen molar-refractivity contribution in [1.82, 2.24) is 10.6 Å². The summed E-state index contributed by atoms with van der Waals surface area (Å²) in [5.74, 6) is -0.225. The summed E-state index contributed by atoms with van der Waals surface area (Å²) in [5.41, 5.74) is 5.29. The molecule has 1 atom stereocenters. The summed E-state index contributed by atoms with van der Waals surface area (Å²) in [6, 6.07) is -0.435. The molecular formula is C13H25N3O2. The van der Waals surface area contributed by atoms with Crippen LogP contribution < -0.4 is 16.4 Å². The van der Waals surface area contributed by atoms with E-state index < -0.39 is 11.5 Å². The first-order valence-corrected chi connectivity index (χ1v) is 6.73. The van der Waals surface area contributed by atoms with Crippen molar-refractivity contribution in [3.63, 3.8) is 0 Å². The van der Waals surface area contributed by atoms with Crippen molar-refractivity contribution in [2.75, 3.05) is 6.54 Å². The highest BCUT2D eigenvalue weighted by Gasteiger charge is 2.40. The van der Waals surface area contributed by atoms with Gasteiger partial charge >= 0.3 is 0 Å². The summed E-state index contributed by atoms with van der Waals surface area (Å²) in [5, 5.41) is 5.57. The Morgan fingerprint density at radius 3 is 2.17 bits per heavy atom. The van der Waals surface area contributed by atoms with Gasteiger partial charge in [0.25, 0.3) is 0 Å². The number of hydrogen-bond acceptors (Lipinski definition) is 3. The van der Waals surface area contributed by atoms with Crippen molar-refractivity contribution < 1.29 is 9.59 Å². The Bertz CT molecular complexity index is 309. The predicted octanol–water partition coefficient (Wildman–Crippen LogP) is 0.535. The van der Waals surface area contributed by atoms with Gasteiger partial charge in [-0.2, -0.15) is 0 Å². The van der Waals surface area contributed by atoms with Gasteiger partial charge in [0.2, 0.25) is 11.8 Å². The van der Waals surface area contributed by atoms with Gasteiger partial charge in [-0.05, 0) is 33.6 Å². The molecule has 1 aliphatic carbocycles. The van der Waals surface area contributed by atoms with Crippen LogP contribution in [-0.2, 0) is 9.59 Å². The molecule has 0 aromatic heterocycles. The van der Waals surface area contributed by atoms with Crippen molar-refractivity contribution in [2.24, 2.45) is 11.1 Å². The topological polar surface area (TPSA) is 84.2 Å². The van der Waals surface area contributed by atoms with E-state index in [0.717, 1.165) is 25.7 Å². The molecule has 0 heterocycles. The predicted molar refractivity (Wildman–Crippen MR) is 70.8 cm³/mol. The lowest BCUT2D eigenvalue weighted by atomic mass is 9.85. The summed E-state index contributed by atoms with van der Waals surface area (Å²) in [7, 11) is 0. The fraction of sp³-hybridized carbons (Fsp3) is 0.846. The molecule has 1 rings (SSSR count). The molecule has 1 saturated carbocycles. The lowest BCUT2D eigenvalue weighted by Gasteiger charge is -2.27. The minimum absolute atomic E-state index is 0.0751. The largest absolute Gasteiger partial charge is 0.352 e. The van der Waals surface area contributed by atoms with E-state index in [-0.39, 0.29) is 17.9 Å². The van der Waals surface area contributed by atoms with E-state index in [2.05, 4.69) is 10.6 Å². The highest BCUT2D eigenvalue weighted by atomic mass is 16.2. The Kier molecular flexibility index (Phi) is 5.14. The second-order valence-corrected chi connectivity index (χ2v) is 5.55. The van der Waals surface area contributed by atoms with Crippen LogP contribution in [0.5, 0.6) is 0 Å². The van der Waals surface area contributed by atoms with E-state index in [4.69, 9.17) is 5.73 Å². The van der Waals surface area contributed by atoms with Gasteiger partial charge in [-0.3, -0.25) is 9.59 Å². The van der Waals surface area contributed by atoms with Gasteiger partial charge in [0.1, 0.15) is 6.04 Å². The lowest BCUT2D eigenvalue weighted by molar-refractivity contribution is -0.134. The number of amides is 2. The highest BCUT2D eigenvalue weighted by molar-refractivity contribution is 5.90. The van der Waals surface area contributed by atoms with E-state index in [1.807, 2.05) is 13.8 Å². The molecule has 0 spiro atoms. The van der Waals surface area contributed by atoms with Crippen LogP contribution in [0.3, 0.4) is 0 Å². The van der Waals surface area contributed by atoms with E-state index in [1.165, 1.54) is 0 Å². The molecule has 0 aliphatic heterocycles. The van der Waals surface area contributed by atoms with E-state index in [0.29, 0.717) is 6.54 Å². The number of nitrogens with one attached hydrogen (secondary N) is 2. The number of carbonyl (C=O) groups excluding carboxylic acids is 2. The van der Waals surface area contributed by atoms with Gasteiger partial charge in [-0.1, -0.05) is 12.8 Å². The average molecular weight is 255 g/mol. The van der Waals surface area contributed by atoms with Gasteiger partial charge < -0.3 is 16.4 Å². The molecule has 5 nitrogen and oxygen atoms in total. The fourth-order valence-electron chi connectivity index (χ4n) is 2.40. The second-order valence-electron chi connectivity index (χ2n) is 5.55. The first-order valence-electron chi connectivity index (χ1n) is 6.73. The third kappa shape index (κ3) is 3.45. The molecule has 0 radical (unpaired) electrons. The molecule has 0 aromatic rings. The smallest absolute Gasteiger partial charge is 0.242 e. The summed E-state index contributed by atoms with van der Waals surface area (Å²) in [6.07, 6.45) is 3.73. The van der Waals surface area contributed by atoms with E-state index in [9.17, 15) is 9.59 Å². The molecule has 0 saturated heterocycles. The van der Waals surface area contributed by atoms with Crippen LogP contribution in [0.15, 0.2) is 0 Å². The molecule has 104 valence electrons. The first-order chi connectivity index (χ1) is 8.41. The zero-order chi connectivity index (χ0) is 13.8. The van der Waals surface area contributed by atoms with Crippen LogP contribution >= 0.6 is 0 Å². The van der Waals surface area contributed by atoms with Crippen molar-refractivity contribution in [2.45, 2.75) is 58.5 Å². The SMILES string of the molecule is CC(C)NC(=O)C(C)NC(=O)C1(CN)CCCC1. The van der Waals surface area contributed by atoms with Crippen LogP contribution in [0, 0.1) is 5.41 Å². The molecule has 1 aliphatic rings. The Morgan fingerprint density at radius 2 is 1.72 bits per heavy atom. The maximum atomic E-state index is 12.2. The van der Waals surface area contributed by atoms with Crippen LogP contribution in [0.25, 0.3) is 0 Å². The summed E-state index contributed by atoms with van der Waals surface area (Å²) < 4.78 is 0. The zero-order valence-corrected chi connectivity index (χ0v) is 11.6. The lowest BCUT2D eigenvalue weighted by Crippen LogP contribution is -2.52. The minimum atomic E-state index is -0.510. The quantitative estimate of drug-likeness (QED) is 0.670. The Balaban J connectivity index is 2.55. The van der Waals surface area contributed by atoms with Crippen molar-refractivity contribution in [1.29, 1.82) is 0 Å². The van der Waals surface area contributed by atoms with Crippen molar-refractivity contribution in [3.05, 3.63) is 0 Å². The Hall–Kier alpha value is -1.10. The molecule has 0 aromatic carbocycles. The molecule has 4 N–H and O–H groups in total. The van der Waals surface area contributed by atoms with E-state index >= 15 is 0 Å².